The molecule has 12 heavy (non-hydrogen) atoms. The van der Waals surface area contributed by atoms with Crippen molar-refractivity contribution in [2.45, 2.75) is 18.3 Å². The molecule has 0 saturated carbocycles. The molecule has 0 aliphatic heterocycles. The molecule has 5 heteroatoms. The highest BCUT2D eigenvalue weighted by atomic mass is 35.5. The van der Waals surface area contributed by atoms with Crippen molar-refractivity contribution in [3.05, 3.63) is 33.7 Å². The Kier molecular flexibility index (Phi) is 2.19. The molecule has 0 aromatic heterocycles. The molecule has 0 aromatic carbocycles. The molecule has 1 unspecified atom stereocenters. The molecule has 0 aromatic rings. The van der Waals surface area contributed by atoms with Crippen molar-refractivity contribution in [1.29, 1.82) is 0 Å². The molecule has 0 bridgehead atoms. The third kappa shape index (κ3) is 1.48. The third-order valence-electron chi connectivity index (χ3n) is 1.72. The zero-order chi connectivity index (χ0) is 9.35. The summed E-state index contributed by atoms with van der Waals surface area (Å²) >= 11 is 5.51. The van der Waals surface area contributed by atoms with Gasteiger partial charge in [0.15, 0.2) is 0 Å². The highest BCUT2D eigenvalue weighted by Crippen LogP contribution is 2.32. The zero-order valence-electron chi connectivity index (χ0n) is 6.38. The predicted octanol–water partition coefficient (Wildman–Crippen LogP) is 2.40. The van der Waals surface area contributed by atoms with Gasteiger partial charge in [0.05, 0.1) is 6.42 Å². The van der Waals surface area contributed by atoms with Crippen LogP contribution in [0.5, 0.6) is 0 Å². The third-order valence-corrected chi connectivity index (χ3v) is 2.12. The zero-order valence-corrected chi connectivity index (χ0v) is 7.14. The Labute approximate surface area is 73.7 Å². The first-order chi connectivity index (χ1) is 5.46. The molecule has 0 spiro atoms. The summed E-state index contributed by atoms with van der Waals surface area (Å²) in [6.07, 6.45) is 2.29. The first-order valence-corrected chi connectivity index (χ1v) is 3.72. The fourth-order valence-corrected chi connectivity index (χ4v) is 1.06. The summed E-state index contributed by atoms with van der Waals surface area (Å²) in [4.78, 5) is 7.88. The average Bonchev–Trinajstić information content (AvgIpc) is 1.97. The Bertz CT molecular complexity index is 287. The lowest BCUT2D eigenvalue weighted by Crippen LogP contribution is -2.30. The quantitative estimate of drug-likeness (QED) is 0.276. The highest BCUT2D eigenvalue weighted by Gasteiger charge is 2.40. The van der Waals surface area contributed by atoms with Crippen molar-refractivity contribution < 1.29 is 9.31 Å². The molecule has 0 heterocycles. The van der Waals surface area contributed by atoms with E-state index in [0.29, 0.717) is 5.57 Å². The summed E-state index contributed by atoms with van der Waals surface area (Å²) < 4.78 is 12.8. The van der Waals surface area contributed by atoms with Crippen molar-refractivity contribution in [2.24, 2.45) is 0 Å². The SMILES string of the molecule is CC1=CCC(Cl)([N+](=O)[O-])C=C1F. The van der Waals surface area contributed by atoms with E-state index in [1.807, 2.05) is 0 Å². The van der Waals surface area contributed by atoms with E-state index in [-0.39, 0.29) is 6.42 Å². The van der Waals surface area contributed by atoms with Gasteiger partial charge in [-0.15, -0.1) is 0 Å². The van der Waals surface area contributed by atoms with Gasteiger partial charge in [-0.3, -0.25) is 10.1 Å². The van der Waals surface area contributed by atoms with Crippen LogP contribution < -0.4 is 0 Å². The largest absolute Gasteiger partial charge is 0.320 e. The summed E-state index contributed by atoms with van der Waals surface area (Å²) in [6, 6.07) is 0. The molecule has 0 radical (unpaired) electrons. The van der Waals surface area contributed by atoms with E-state index < -0.39 is 15.7 Å². The topological polar surface area (TPSA) is 43.1 Å². The number of alkyl halides is 1. The van der Waals surface area contributed by atoms with E-state index in [2.05, 4.69) is 0 Å². The van der Waals surface area contributed by atoms with Crippen LogP contribution in [0.25, 0.3) is 0 Å². The maximum Gasteiger partial charge on any atom is 0.320 e. The summed E-state index contributed by atoms with van der Waals surface area (Å²) in [6.45, 7) is 1.54. The van der Waals surface area contributed by atoms with Crippen LogP contribution in [0, 0.1) is 10.1 Å². The van der Waals surface area contributed by atoms with Gasteiger partial charge in [0.2, 0.25) is 0 Å². The van der Waals surface area contributed by atoms with E-state index >= 15 is 0 Å². The van der Waals surface area contributed by atoms with Crippen LogP contribution in [-0.4, -0.2) is 9.92 Å². The van der Waals surface area contributed by atoms with Gasteiger partial charge in [-0.2, -0.15) is 0 Å². The molecule has 0 saturated heterocycles. The van der Waals surface area contributed by atoms with Crippen molar-refractivity contribution in [3.8, 4) is 0 Å². The fourth-order valence-electron chi connectivity index (χ4n) is 0.888. The van der Waals surface area contributed by atoms with Crippen LogP contribution >= 0.6 is 11.6 Å². The molecular formula is C7H7ClFNO2. The Morgan fingerprint density at radius 3 is 2.83 bits per heavy atom. The summed E-state index contributed by atoms with van der Waals surface area (Å²) in [5.41, 5.74) is 0.396. The van der Waals surface area contributed by atoms with Crippen molar-refractivity contribution >= 4 is 11.6 Å². The second-order valence-electron chi connectivity index (χ2n) is 2.66. The Morgan fingerprint density at radius 1 is 1.83 bits per heavy atom. The first kappa shape index (κ1) is 9.19. The van der Waals surface area contributed by atoms with Crippen LogP contribution in [0.3, 0.4) is 0 Å². The lowest BCUT2D eigenvalue weighted by molar-refractivity contribution is -0.527. The van der Waals surface area contributed by atoms with Crippen LogP contribution in [0.4, 0.5) is 4.39 Å². The molecule has 1 atom stereocenters. The van der Waals surface area contributed by atoms with E-state index in [0.717, 1.165) is 6.08 Å². The average molecular weight is 192 g/mol. The lowest BCUT2D eigenvalue weighted by Gasteiger charge is -2.16. The van der Waals surface area contributed by atoms with Gasteiger partial charge in [0.25, 0.3) is 0 Å². The smallest absolute Gasteiger partial charge is 0.262 e. The van der Waals surface area contributed by atoms with Gasteiger partial charge >= 0.3 is 5.00 Å². The van der Waals surface area contributed by atoms with E-state index in [4.69, 9.17) is 11.6 Å². The number of rotatable bonds is 1. The van der Waals surface area contributed by atoms with Gasteiger partial charge in [0.1, 0.15) is 5.83 Å². The minimum absolute atomic E-state index is 0.0286. The van der Waals surface area contributed by atoms with Crippen LogP contribution in [0.1, 0.15) is 13.3 Å². The van der Waals surface area contributed by atoms with Gasteiger partial charge in [-0.25, -0.2) is 4.39 Å². The number of halogens is 2. The number of nitro groups is 1. The maximum atomic E-state index is 12.8. The molecule has 1 aliphatic carbocycles. The Morgan fingerprint density at radius 2 is 2.42 bits per heavy atom. The van der Waals surface area contributed by atoms with Crippen molar-refractivity contribution in [2.75, 3.05) is 0 Å². The molecule has 1 rings (SSSR count). The highest BCUT2D eigenvalue weighted by molar-refractivity contribution is 6.24. The standard InChI is InChI=1S/C7H7ClFNO2/c1-5-2-3-7(8,10(11)12)4-6(5)9/h2,4H,3H2,1H3. The fraction of sp³-hybridized carbons (Fsp3) is 0.429. The summed E-state index contributed by atoms with van der Waals surface area (Å²) in [5.74, 6) is -0.618. The lowest BCUT2D eigenvalue weighted by atomic mass is 10.0. The molecule has 66 valence electrons. The Balaban J connectivity index is 2.98. The van der Waals surface area contributed by atoms with Gasteiger partial charge < -0.3 is 0 Å². The van der Waals surface area contributed by atoms with Gasteiger partial charge in [0, 0.05) is 11.0 Å². The molecule has 1 aliphatic rings. The number of hydrogen-bond donors (Lipinski definition) is 0. The maximum absolute atomic E-state index is 12.8. The minimum Gasteiger partial charge on any atom is -0.262 e. The second-order valence-corrected chi connectivity index (χ2v) is 3.31. The number of allylic oxidation sites excluding steroid dienone is 2. The van der Waals surface area contributed by atoms with E-state index in [1.54, 1.807) is 6.92 Å². The molecule has 0 fully saturated rings. The minimum atomic E-state index is -1.79. The van der Waals surface area contributed by atoms with Gasteiger partial charge in [-0.1, -0.05) is 6.08 Å². The number of hydrogen-bond acceptors (Lipinski definition) is 2. The Hall–Kier alpha value is -0.900. The molecule has 0 amide bonds. The van der Waals surface area contributed by atoms with Crippen LogP contribution in [-0.2, 0) is 0 Å². The monoisotopic (exact) mass is 191 g/mol. The van der Waals surface area contributed by atoms with E-state index in [9.17, 15) is 14.5 Å². The summed E-state index contributed by atoms with van der Waals surface area (Å²) in [5, 5.41) is 10.4. The number of nitrogens with zero attached hydrogens (tertiary/aromatic N) is 1. The molecule has 3 nitrogen and oxygen atoms in total. The van der Waals surface area contributed by atoms with Crippen molar-refractivity contribution in [1.82, 2.24) is 0 Å². The summed E-state index contributed by atoms with van der Waals surface area (Å²) in [7, 11) is 0. The molecular weight excluding hydrogens is 185 g/mol. The second kappa shape index (κ2) is 2.86. The van der Waals surface area contributed by atoms with Gasteiger partial charge in [-0.05, 0) is 24.1 Å². The first-order valence-electron chi connectivity index (χ1n) is 3.34. The van der Waals surface area contributed by atoms with Crippen molar-refractivity contribution in [3.63, 3.8) is 0 Å². The predicted molar refractivity (Wildman–Crippen MR) is 43.1 cm³/mol. The van der Waals surface area contributed by atoms with E-state index in [1.165, 1.54) is 6.08 Å². The normalized spacial score (nSPS) is 29.2. The van der Waals surface area contributed by atoms with Crippen LogP contribution in [0.2, 0.25) is 0 Å². The van der Waals surface area contributed by atoms with Crippen LogP contribution in [0.15, 0.2) is 23.6 Å². The molecule has 0 N–H and O–H groups in total.